The van der Waals surface area contributed by atoms with Gasteiger partial charge in [-0.3, -0.25) is 14.6 Å². The summed E-state index contributed by atoms with van der Waals surface area (Å²) in [7, 11) is 0. The lowest BCUT2D eigenvalue weighted by Crippen LogP contribution is -2.42. The molecule has 0 spiro atoms. The number of hydrogen-bond donors (Lipinski definition) is 6. The second-order valence-electron chi connectivity index (χ2n) is 10.3. The van der Waals surface area contributed by atoms with Gasteiger partial charge in [-0.2, -0.15) is 5.26 Å². The minimum absolute atomic E-state index is 0.0254. The van der Waals surface area contributed by atoms with Gasteiger partial charge in [0.05, 0.1) is 49.9 Å². The van der Waals surface area contributed by atoms with Gasteiger partial charge in [0.15, 0.2) is 5.96 Å². The van der Waals surface area contributed by atoms with Crippen molar-refractivity contribution >= 4 is 29.2 Å². The Morgan fingerprint density at radius 1 is 1.21 bits per heavy atom. The average Bonchev–Trinajstić information content (AvgIpc) is 2.87. The SMILES string of the molecule is CCOC(=O)C[C@H](NC(=O)CNc1cc(O)cc(NC2=NCC(O)CN2)c1)c1cc(C#N)cc(C(C)(C)C)c1. The molecule has 1 heterocycles. The molecule has 2 aromatic rings. The van der Waals surface area contributed by atoms with E-state index < -0.39 is 24.0 Å². The van der Waals surface area contributed by atoms with Crippen molar-refractivity contribution in [3.8, 4) is 11.8 Å². The molecule has 0 aromatic heterocycles. The van der Waals surface area contributed by atoms with Gasteiger partial charge in [0.1, 0.15) is 5.75 Å². The fraction of sp³-hybridized carbons (Fsp3) is 0.429. The summed E-state index contributed by atoms with van der Waals surface area (Å²) >= 11 is 0. The van der Waals surface area contributed by atoms with Crippen molar-refractivity contribution in [2.45, 2.75) is 51.7 Å². The maximum Gasteiger partial charge on any atom is 0.308 e. The molecular formula is C28H36N6O5. The Kier molecular flexibility index (Phi) is 9.73. The number of phenols is 1. The summed E-state index contributed by atoms with van der Waals surface area (Å²) in [6, 6.07) is 11.5. The topological polar surface area (TPSA) is 168 Å². The first-order valence-electron chi connectivity index (χ1n) is 12.8. The second-order valence-corrected chi connectivity index (χ2v) is 10.3. The van der Waals surface area contributed by atoms with Crippen molar-refractivity contribution < 1.29 is 24.5 Å². The number of aliphatic hydroxyl groups is 1. The molecule has 1 amide bonds. The molecule has 0 radical (unpaired) electrons. The van der Waals surface area contributed by atoms with E-state index in [4.69, 9.17) is 4.74 Å². The zero-order valence-electron chi connectivity index (χ0n) is 22.7. The fourth-order valence-corrected chi connectivity index (χ4v) is 3.95. The molecule has 11 heteroatoms. The first kappa shape index (κ1) is 29.3. The number of rotatable bonds is 9. The molecule has 2 aromatic carbocycles. The number of esters is 1. The summed E-state index contributed by atoms with van der Waals surface area (Å²) in [6.07, 6.45) is -0.646. The molecule has 0 saturated carbocycles. The van der Waals surface area contributed by atoms with Crippen LogP contribution in [0.1, 0.15) is 56.8 Å². The van der Waals surface area contributed by atoms with E-state index in [2.05, 4.69) is 32.3 Å². The van der Waals surface area contributed by atoms with E-state index in [1.54, 1.807) is 25.1 Å². The molecule has 11 nitrogen and oxygen atoms in total. The van der Waals surface area contributed by atoms with Crippen LogP contribution in [0, 0.1) is 11.3 Å². The van der Waals surface area contributed by atoms with E-state index >= 15 is 0 Å². The number of nitrogens with one attached hydrogen (secondary N) is 4. The highest BCUT2D eigenvalue weighted by Gasteiger charge is 2.23. The number of anilines is 2. The molecule has 0 saturated heterocycles. The summed E-state index contributed by atoms with van der Waals surface area (Å²) in [4.78, 5) is 29.5. The Labute approximate surface area is 228 Å². The van der Waals surface area contributed by atoms with Gasteiger partial charge in [0, 0.05) is 30.1 Å². The number of β-amino-alcohol motifs (C(OH)–C–C–N with tert-alkyl or cyclic N) is 1. The number of aliphatic imine (C=N–C) groups is 1. The van der Waals surface area contributed by atoms with E-state index in [1.165, 1.54) is 12.1 Å². The van der Waals surface area contributed by atoms with Gasteiger partial charge in [-0.25, -0.2) is 0 Å². The highest BCUT2D eigenvalue weighted by atomic mass is 16.5. The van der Waals surface area contributed by atoms with Gasteiger partial charge in [-0.05, 0) is 41.7 Å². The predicted molar refractivity (Wildman–Crippen MR) is 149 cm³/mol. The third kappa shape index (κ3) is 8.90. The minimum atomic E-state index is -0.708. The van der Waals surface area contributed by atoms with Gasteiger partial charge in [0.25, 0.3) is 0 Å². The highest BCUT2D eigenvalue weighted by molar-refractivity contribution is 5.94. The van der Waals surface area contributed by atoms with E-state index in [0.717, 1.165) is 5.56 Å². The number of ether oxygens (including phenoxy) is 1. The van der Waals surface area contributed by atoms with Gasteiger partial charge < -0.3 is 36.2 Å². The Balaban J connectivity index is 1.74. The van der Waals surface area contributed by atoms with Crippen LogP contribution in [0.4, 0.5) is 11.4 Å². The molecule has 6 N–H and O–H groups in total. The summed E-state index contributed by atoms with van der Waals surface area (Å²) in [6.45, 7) is 8.47. The van der Waals surface area contributed by atoms with E-state index in [1.807, 2.05) is 26.8 Å². The average molecular weight is 537 g/mol. The van der Waals surface area contributed by atoms with Gasteiger partial charge in [-0.15, -0.1) is 0 Å². The van der Waals surface area contributed by atoms with Crippen LogP contribution < -0.4 is 21.3 Å². The summed E-state index contributed by atoms with van der Waals surface area (Å²) in [5, 5.41) is 41.1. The monoisotopic (exact) mass is 536 g/mol. The normalized spacial score (nSPS) is 15.7. The van der Waals surface area contributed by atoms with Crippen LogP contribution in [-0.4, -0.2) is 60.4 Å². The van der Waals surface area contributed by atoms with Crippen LogP contribution in [-0.2, 0) is 19.7 Å². The Bertz CT molecular complexity index is 1260. The van der Waals surface area contributed by atoms with Crippen molar-refractivity contribution in [2.24, 2.45) is 4.99 Å². The number of benzene rings is 2. The molecular weight excluding hydrogens is 500 g/mol. The number of nitriles is 1. The van der Waals surface area contributed by atoms with Crippen molar-refractivity contribution in [1.29, 1.82) is 5.26 Å². The summed E-state index contributed by atoms with van der Waals surface area (Å²) < 4.78 is 5.12. The summed E-state index contributed by atoms with van der Waals surface area (Å²) in [5.41, 5.74) is 2.74. The van der Waals surface area contributed by atoms with Gasteiger partial charge in [0.2, 0.25) is 5.91 Å². The molecule has 1 aliphatic rings. The third-order valence-corrected chi connectivity index (χ3v) is 5.96. The number of nitrogens with zero attached hydrogens (tertiary/aromatic N) is 2. The number of aromatic hydroxyl groups is 1. The highest BCUT2D eigenvalue weighted by Crippen LogP contribution is 2.28. The number of carbonyl (C=O) groups is 2. The van der Waals surface area contributed by atoms with Crippen LogP contribution in [0.2, 0.25) is 0 Å². The van der Waals surface area contributed by atoms with Crippen molar-refractivity contribution in [2.75, 3.05) is 36.9 Å². The van der Waals surface area contributed by atoms with Crippen molar-refractivity contribution in [1.82, 2.24) is 10.6 Å². The lowest BCUT2D eigenvalue weighted by Gasteiger charge is -2.24. The molecule has 1 unspecified atom stereocenters. The number of carbonyl (C=O) groups excluding carboxylic acids is 2. The quantitative estimate of drug-likeness (QED) is 0.264. The number of hydrogen-bond acceptors (Lipinski definition) is 10. The standard InChI is InChI=1S/C28H36N6O5/c1-5-39-26(38)12-24(18-6-17(13-29)7-19(8-18)28(2,3)4)34-25(37)16-30-20-9-21(11-22(35)10-20)33-27-31-14-23(36)15-32-27/h6-11,23-24,30,35-36H,5,12,14-16H2,1-4H3,(H,34,37)(H2,31,32,33)/t24-/m0/s1. The Hall–Kier alpha value is -4.30. The van der Waals surface area contributed by atoms with Crippen LogP contribution in [0.5, 0.6) is 5.75 Å². The number of phenolic OH excluding ortho intramolecular Hbond substituents is 1. The van der Waals surface area contributed by atoms with Crippen molar-refractivity contribution in [3.63, 3.8) is 0 Å². The van der Waals surface area contributed by atoms with E-state index in [-0.39, 0.29) is 37.3 Å². The Morgan fingerprint density at radius 3 is 2.59 bits per heavy atom. The molecule has 3 rings (SSSR count). The van der Waals surface area contributed by atoms with Gasteiger partial charge in [-0.1, -0.05) is 26.8 Å². The summed E-state index contributed by atoms with van der Waals surface area (Å²) in [5.74, 6) is -0.423. The minimum Gasteiger partial charge on any atom is -0.508 e. The largest absolute Gasteiger partial charge is 0.508 e. The van der Waals surface area contributed by atoms with Crippen LogP contribution in [0.15, 0.2) is 41.4 Å². The van der Waals surface area contributed by atoms with Crippen molar-refractivity contribution in [3.05, 3.63) is 53.1 Å². The smallest absolute Gasteiger partial charge is 0.308 e. The lowest BCUT2D eigenvalue weighted by molar-refractivity contribution is -0.143. The first-order chi connectivity index (χ1) is 18.5. The number of aliphatic hydroxyl groups excluding tert-OH is 1. The lowest BCUT2D eigenvalue weighted by atomic mass is 9.84. The maximum absolute atomic E-state index is 13.0. The molecule has 0 fully saturated rings. The first-order valence-corrected chi connectivity index (χ1v) is 12.8. The fourth-order valence-electron chi connectivity index (χ4n) is 3.95. The van der Waals surface area contributed by atoms with Crippen LogP contribution >= 0.6 is 0 Å². The molecule has 0 bridgehead atoms. The molecule has 208 valence electrons. The Morgan fingerprint density at radius 2 is 1.95 bits per heavy atom. The molecule has 1 aliphatic heterocycles. The maximum atomic E-state index is 13.0. The van der Waals surface area contributed by atoms with E-state index in [0.29, 0.717) is 35.0 Å². The van der Waals surface area contributed by atoms with Crippen LogP contribution in [0.3, 0.4) is 0 Å². The zero-order chi connectivity index (χ0) is 28.6. The van der Waals surface area contributed by atoms with Gasteiger partial charge >= 0.3 is 5.97 Å². The number of amides is 1. The molecule has 39 heavy (non-hydrogen) atoms. The third-order valence-electron chi connectivity index (χ3n) is 5.96. The zero-order valence-corrected chi connectivity index (χ0v) is 22.7. The second kappa shape index (κ2) is 13.0. The van der Waals surface area contributed by atoms with E-state index in [9.17, 15) is 25.1 Å². The van der Waals surface area contributed by atoms with Crippen LogP contribution in [0.25, 0.3) is 0 Å². The molecule has 0 aliphatic carbocycles. The predicted octanol–water partition coefficient (Wildman–Crippen LogP) is 2.52. The molecule has 2 atom stereocenters. The number of guanidine groups is 1.